The molecule has 0 unspecified atom stereocenters. The Morgan fingerprint density at radius 3 is 2.67 bits per heavy atom. The topological polar surface area (TPSA) is 55.1 Å². The van der Waals surface area contributed by atoms with Gasteiger partial charge in [0.05, 0.1) is 12.7 Å². The molecule has 1 aromatic heterocycles. The standard InChI is InChI=1S/C13H14N2O2S/c1-15-9-14-7-11(15)8-18-12-4-2-10(3-5-12)6-13(16)17/h2-5,7,9H,6,8H2,1H3,(H,16,17). The molecule has 0 amide bonds. The average molecular weight is 262 g/mol. The van der Waals surface area contributed by atoms with Gasteiger partial charge < -0.3 is 9.67 Å². The minimum absolute atomic E-state index is 0.0761. The third kappa shape index (κ3) is 3.37. The number of carbonyl (C=O) groups is 1. The highest BCUT2D eigenvalue weighted by Crippen LogP contribution is 2.22. The molecule has 0 spiro atoms. The lowest BCUT2D eigenvalue weighted by Gasteiger charge is -2.03. The number of aryl methyl sites for hydroxylation is 1. The molecule has 4 nitrogen and oxygen atoms in total. The predicted octanol–water partition coefficient (Wildman–Crippen LogP) is 2.34. The van der Waals surface area contributed by atoms with Crippen molar-refractivity contribution in [1.82, 2.24) is 9.55 Å². The number of hydrogen-bond acceptors (Lipinski definition) is 3. The molecule has 94 valence electrons. The average Bonchev–Trinajstić information content (AvgIpc) is 2.73. The summed E-state index contributed by atoms with van der Waals surface area (Å²) in [5.41, 5.74) is 1.99. The molecule has 0 fully saturated rings. The second kappa shape index (κ2) is 5.73. The molecule has 0 radical (unpaired) electrons. The van der Waals surface area contributed by atoms with Gasteiger partial charge in [-0.25, -0.2) is 4.98 Å². The van der Waals surface area contributed by atoms with E-state index >= 15 is 0 Å². The van der Waals surface area contributed by atoms with Crippen LogP contribution in [0.5, 0.6) is 0 Å². The lowest BCUT2D eigenvalue weighted by Crippen LogP contribution is -1.99. The lowest BCUT2D eigenvalue weighted by molar-refractivity contribution is -0.136. The van der Waals surface area contributed by atoms with Crippen LogP contribution in [0.4, 0.5) is 0 Å². The van der Waals surface area contributed by atoms with Gasteiger partial charge in [0.1, 0.15) is 0 Å². The maximum atomic E-state index is 10.6. The van der Waals surface area contributed by atoms with E-state index in [0.717, 1.165) is 21.9 Å². The van der Waals surface area contributed by atoms with Crippen LogP contribution in [0.1, 0.15) is 11.3 Å². The van der Waals surface area contributed by atoms with E-state index < -0.39 is 5.97 Å². The number of carboxylic acid groups (broad SMARTS) is 1. The smallest absolute Gasteiger partial charge is 0.307 e. The van der Waals surface area contributed by atoms with Crippen molar-refractivity contribution in [3.63, 3.8) is 0 Å². The molecule has 1 N–H and O–H groups in total. The summed E-state index contributed by atoms with van der Waals surface area (Å²) in [6.07, 6.45) is 3.71. The summed E-state index contributed by atoms with van der Waals surface area (Å²) in [5.74, 6) is 0.0553. The van der Waals surface area contributed by atoms with Gasteiger partial charge in [0.2, 0.25) is 0 Å². The molecular weight excluding hydrogens is 248 g/mol. The van der Waals surface area contributed by atoms with Crippen LogP contribution < -0.4 is 0 Å². The molecule has 0 aliphatic rings. The van der Waals surface area contributed by atoms with E-state index in [9.17, 15) is 4.79 Å². The molecule has 1 aromatic carbocycles. The number of nitrogens with zero attached hydrogens (tertiary/aromatic N) is 2. The van der Waals surface area contributed by atoms with Crippen LogP contribution in [0.25, 0.3) is 0 Å². The van der Waals surface area contributed by atoms with Gasteiger partial charge >= 0.3 is 5.97 Å². The molecule has 0 saturated heterocycles. The molecule has 1 heterocycles. The third-order valence-corrected chi connectivity index (χ3v) is 3.63. The highest BCUT2D eigenvalue weighted by Gasteiger charge is 2.02. The first-order valence-electron chi connectivity index (χ1n) is 5.54. The van der Waals surface area contributed by atoms with Crippen molar-refractivity contribution in [3.05, 3.63) is 48.0 Å². The van der Waals surface area contributed by atoms with Gasteiger partial charge in [0.25, 0.3) is 0 Å². The molecule has 2 rings (SSSR count). The second-order valence-electron chi connectivity index (χ2n) is 4.00. The summed E-state index contributed by atoms with van der Waals surface area (Å²) >= 11 is 1.71. The van der Waals surface area contributed by atoms with Crippen LogP contribution in [0.2, 0.25) is 0 Å². The van der Waals surface area contributed by atoms with Gasteiger partial charge in [-0.1, -0.05) is 12.1 Å². The van der Waals surface area contributed by atoms with Crippen molar-refractivity contribution < 1.29 is 9.90 Å². The van der Waals surface area contributed by atoms with E-state index in [1.165, 1.54) is 0 Å². The zero-order valence-electron chi connectivity index (χ0n) is 10.0. The SMILES string of the molecule is Cn1cncc1CSc1ccc(CC(=O)O)cc1. The highest BCUT2D eigenvalue weighted by atomic mass is 32.2. The molecule has 5 heteroatoms. The van der Waals surface area contributed by atoms with Crippen LogP contribution in [0.3, 0.4) is 0 Å². The summed E-state index contributed by atoms with van der Waals surface area (Å²) < 4.78 is 1.99. The van der Waals surface area contributed by atoms with E-state index in [1.807, 2.05) is 42.1 Å². The highest BCUT2D eigenvalue weighted by molar-refractivity contribution is 7.98. The Kier molecular flexibility index (Phi) is 4.04. The summed E-state index contributed by atoms with van der Waals surface area (Å²) in [5, 5.41) is 8.68. The monoisotopic (exact) mass is 262 g/mol. The molecule has 2 aromatic rings. The first kappa shape index (κ1) is 12.7. The molecular formula is C13H14N2O2S. The fraction of sp³-hybridized carbons (Fsp3) is 0.231. The number of hydrogen-bond donors (Lipinski definition) is 1. The van der Waals surface area contributed by atoms with Crippen molar-refractivity contribution in [3.8, 4) is 0 Å². The van der Waals surface area contributed by atoms with Crippen LogP contribution in [-0.4, -0.2) is 20.6 Å². The van der Waals surface area contributed by atoms with E-state index in [0.29, 0.717) is 0 Å². The fourth-order valence-corrected chi connectivity index (χ4v) is 2.48. The Hall–Kier alpha value is -1.75. The number of thioether (sulfide) groups is 1. The zero-order chi connectivity index (χ0) is 13.0. The number of aromatic nitrogens is 2. The fourth-order valence-electron chi connectivity index (χ4n) is 1.56. The number of rotatable bonds is 5. The largest absolute Gasteiger partial charge is 0.481 e. The Labute approximate surface area is 110 Å². The van der Waals surface area contributed by atoms with Gasteiger partial charge in [-0.15, -0.1) is 11.8 Å². The first-order valence-corrected chi connectivity index (χ1v) is 6.52. The summed E-state index contributed by atoms with van der Waals surface area (Å²) in [7, 11) is 1.97. The predicted molar refractivity (Wildman–Crippen MR) is 70.6 cm³/mol. The van der Waals surface area contributed by atoms with Gasteiger partial charge in [0.15, 0.2) is 0 Å². The van der Waals surface area contributed by atoms with Crippen molar-refractivity contribution >= 4 is 17.7 Å². The van der Waals surface area contributed by atoms with Crippen LogP contribution in [-0.2, 0) is 24.0 Å². The quantitative estimate of drug-likeness (QED) is 0.840. The Bertz CT molecular complexity index is 534. The van der Waals surface area contributed by atoms with Gasteiger partial charge in [0, 0.05) is 29.6 Å². The Morgan fingerprint density at radius 1 is 1.39 bits per heavy atom. The molecule has 0 saturated carbocycles. The summed E-state index contributed by atoms with van der Waals surface area (Å²) in [4.78, 5) is 15.8. The van der Waals surface area contributed by atoms with Crippen LogP contribution in [0.15, 0.2) is 41.7 Å². The van der Waals surface area contributed by atoms with E-state index in [1.54, 1.807) is 18.1 Å². The summed E-state index contributed by atoms with van der Waals surface area (Å²) in [6.45, 7) is 0. The van der Waals surface area contributed by atoms with Crippen molar-refractivity contribution in [2.45, 2.75) is 17.1 Å². The third-order valence-electron chi connectivity index (χ3n) is 2.58. The molecule has 0 aliphatic carbocycles. The minimum Gasteiger partial charge on any atom is -0.481 e. The maximum absolute atomic E-state index is 10.6. The van der Waals surface area contributed by atoms with Crippen molar-refractivity contribution in [2.75, 3.05) is 0 Å². The van der Waals surface area contributed by atoms with Gasteiger partial charge in [-0.2, -0.15) is 0 Å². The number of benzene rings is 1. The second-order valence-corrected chi connectivity index (χ2v) is 5.05. The normalized spacial score (nSPS) is 10.5. The van der Waals surface area contributed by atoms with Crippen molar-refractivity contribution in [1.29, 1.82) is 0 Å². The van der Waals surface area contributed by atoms with Crippen LogP contribution in [0, 0.1) is 0 Å². The molecule has 0 bridgehead atoms. The maximum Gasteiger partial charge on any atom is 0.307 e. The van der Waals surface area contributed by atoms with Gasteiger partial charge in [-0.3, -0.25) is 4.79 Å². The van der Waals surface area contributed by atoms with Crippen molar-refractivity contribution in [2.24, 2.45) is 7.05 Å². The van der Waals surface area contributed by atoms with E-state index in [-0.39, 0.29) is 6.42 Å². The number of imidazole rings is 1. The molecule has 18 heavy (non-hydrogen) atoms. The lowest BCUT2D eigenvalue weighted by atomic mass is 10.2. The minimum atomic E-state index is -0.801. The van der Waals surface area contributed by atoms with Gasteiger partial charge in [-0.05, 0) is 17.7 Å². The Morgan fingerprint density at radius 2 is 2.11 bits per heavy atom. The Balaban J connectivity index is 1.94. The summed E-state index contributed by atoms with van der Waals surface area (Å²) in [6, 6.07) is 7.64. The molecule has 0 atom stereocenters. The van der Waals surface area contributed by atoms with E-state index in [2.05, 4.69) is 4.98 Å². The van der Waals surface area contributed by atoms with Crippen LogP contribution >= 0.6 is 11.8 Å². The number of carboxylic acids is 1. The first-order chi connectivity index (χ1) is 8.65. The zero-order valence-corrected chi connectivity index (χ0v) is 10.9. The molecule has 0 aliphatic heterocycles. The number of aliphatic carboxylic acids is 1. The van der Waals surface area contributed by atoms with E-state index in [4.69, 9.17) is 5.11 Å².